The molecule has 108 valence electrons. The zero-order valence-electron chi connectivity index (χ0n) is 11.8. The van der Waals surface area contributed by atoms with Gasteiger partial charge in [0.15, 0.2) is 5.78 Å². The normalized spacial score (nSPS) is 10.8. The fourth-order valence-electron chi connectivity index (χ4n) is 1.87. The van der Waals surface area contributed by atoms with Crippen molar-refractivity contribution in [3.8, 4) is 5.75 Å². The molecule has 0 bridgehead atoms. The Labute approximate surface area is 127 Å². The molecule has 0 fully saturated rings. The highest BCUT2D eigenvalue weighted by molar-refractivity contribution is 7.98. The monoisotopic (exact) mass is 302 g/mol. The first-order valence-electron chi connectivity index (χ1n) is 6.34. The van der Waals surface area contributed by atoms with Crippen LogP contribution in [0.25, 0.3) is 6.08 Å². The number of benzene rings is 2. The molecule has 2 aromatic rings. The first-order valence-corrected chi connectivity index (χ1v) is 7.56. The van der Waals surface area contributed by atoms with E-state index in [2.05, 4.69) is 0 Å². The van der Waals surface area contributed by atoms with Crippen molar-refractivity contribution in [1.29, 1.82) is 0 Å². The Balaban J connectivity index is 2.20. The summed E-state index contributed by atoms with van der Waals surface area (Å²) in [6.07, 6.45) is 4.98. The van der Waals surface area contributed by atoms with E-state index < -0.39 is 0 Å². The molecule has 0 saturated carbocycles. The molecule has 0 heterocycles. The van der Waals surface area contributed by atoms with Gasteiger partial charge in [0.1, 0.15) is 11.6 Å². The second-order valence-electron chi connectivity index (χ2n) is 4.32. The lowest BCUT2D eigenvalue weighted by Gasteiger charge is -2.07. The zero-order chi connectivity index (χ0) is 15.2. The quantitative estimate of drug-likeness (QED) is 0.463. The van der Waals surface area contributed by atoms with E-state index in [9.17, 15) is 9.18 Å². The van der Waals surface area contributed by atoms with Gasteiger partial charge >= 0.3 is 0 Å². The van der Waals surface area contributed by atoms with Gasteiger partial charge in [-0.3, -0.25) is 4.79 Å². The van der Waals surface area contributed by atoms with Crippen molar-refractivity contribution in [3.05, 3.63) is 65.5 Å². The van der Waals surface area contributed by atoms with E-state index in [1.165, 1.54) is 18.2 Å². The summed E-state index contributed by atoms with van der Waals surface area (Å²) in [4.78, 5) is 13.1. The number of methoxy groups -OCH3 is 1. The van der Waals surface area contributed by atoms with Gasteiger partial charge < -0.3 is 4.74 Å². The average molecular weight is 302 g/mol. The molecule has 2 rings (SSSR count). The van der Waals surface area contributed by atoms with Crippen molar-refractivity contribution >= 4 is 23.6 Å². The SMILES string of the molecule is COc1cc(C(=O)C=Cc2cccc(F)c2)ccc1SC. The maximum atomic E-state index is 13.1. The van der Waals surface area contributed by atoms with Gasteiger partial charge in [0.2, 0.25) is 0 Å². The predicted octanol–water partition coefficient (Wildman–Crippen LogP) is 4.45. The van der Waals surface area contributed by atoms with E-state index in [0.29, 0.717) is 16.9 Å². The van der Waals surface area contributed by atoms with Crippen LogP contribution in [0.4, 0.5) is 4.39 Å². The first-order chi connectivity index (χ1) is 10.1. The van der Waals surface area contributed by atoms with Crippen LogP contribution in [-0.4, -0.2) is 19.1 Å². The maximum absolute atomic E-state index is 13.1. The van der Waals surface area contributed by atoms with Gasteiger partial charge in [-0.15, -0.1) is 11.8 Å². The van der Waals surface area contributed by atoms with E-state index in [1.807, 2.05) is 12.3 Å². The summed E-state index contributed by atoms with van der Waals surface area (Å²) in [7, 11) is 1.58. The van der Waals surface area contributed by atoms with Crippen LogP contribution in [0.2, 0.25) is 0 Å². The molecule has 0 atom stereocenters. The molecule has 2 aromatic carbocycles. The zero-order valence-corrected chi connectivity index (χ0v) is 12.6. The number of carbonyl (C=O) groups is 1. The number of ether oxygens (including phenoxy) is 1. The van der Waals surface area contributed by atoms with E-state index >= 15 is 0 Å². The van der Waals surface area contributed by atoms with Gasteiger partial charge in [0.05, 0.1) is 7.11 Å². The number of hydrogen-bond acceptors (Lipinski definition) is 3. The lowest BCUT2D eigenvalue weighted by Crippen LogP contribution is -1.96. The summed E-state index contributed by atoms with van der Waals surface area (Å²) in [5, 5.41) is 0. The highest BCUT2D eigenvalue weighted by atomic mass is 32.2. The van der Waals surface area contributed by atoms with Crippen molar-refractivity contribution in [2.75, 3.05) is 13.4 Å². The van der Waals surface area contributed by atoms with Gasteiger partial charge in [0, 0.05) is 10.5 Å². The van der Waals surface area contributed by atoms with E-state index in [-0.39, 0.29) is 11.6 Å². The van der Waals surface area contributed by atoms with Crippen LogP contribution in [0.5, 0.6) is 5.75 Å². The molecule has 2 nitrogen and oxygen atoms in total. The molecule has 0 amide bonds. The third-order valence-electron chi connectivity index (χ3n) is 2.94. The third-order valence-corrected chi connectivity index (χ3v) is 3.72. The Morgan fingerprint density at radius 3 is 2.71 bits per heavy atom. The molecule has 4 heteroatoms. The lowest BCUT2D eigenvalue weighted by atomic mass is 10.1. The average Bonchev–Trinajstić information content (AvgIpc) is 2.52. The number of hydrogen-bond donors (Lipinski definition) is 0. The molecular formula is C17H15FO2S. The smallest absolute Gasteiger partial charge is 0.185 e. The number of ketones is 1. The van der Waals surface area contributed by atoms with Crippen LogP contribution in [0, 0.1) is 5.82 Å². The molecule has 0 aliphatic rings. The summed E-state index contributed by atoms with van der Waals surface area (Å²) < 4.78 is 18.3. The van der Waals surface area contributed by atoms with Gasteiger partial charge in [-0.05, 0) is 48.2 Å². The number of carbonyl (C=O) groups excluding carboxylic acids is 1. The summed E-state index contributed by atoms with van der Waals surface area (Å²) in [6, 6.07) is 11.4. The van der Waals surface area contributed by atoms with Crippen LogP contribution in [0.3, 0.4) is 0 Å². The number of halogens is 1. The van der Waals surface area contributed by atoms with Crippen LogP contribution < -0.4 is 4.74 Å². The van der Waals surface area contributed by atoms with Crippen LogP contribution in [0.1, 0.15) is 15.9 Å². The summed E-state index contributed by atoms with van der Waals surface area (Å²) in [6.45, 7) is 0. The van der Waals surface area contributed by atoms with Gasteiger partial charge in [-0.2, -0.15) is 0 Å². The Morgan fingerprint density at radius 1 is 1.24 bits per heavy atom. The van der Waals surface area contributed by atoms with Crippen molar-refractivity contribution < 1.29 is 13.9 Å². The fraction of sp³-hybridized carbons (Fsp3) is 0.118. The minimum atomic E-state index is -0.324. The lowest BCUT2D eigenvalue weighted by molar-refractivity contribution is 0.104. The van der Waals surface area contributed by atoms with Gasteiger partial charge in [-0.1, -0.05) is 18.2 Å². The Bertz CT molecular complexity index is 680. The molecule has 21 heavy (non-hydrogen) atoms. The molecule has 0 spiro atoms. The van der Waals surface area contributed by atoms with Gasteiger partial charge in [-0.25, -0.2) is 4.39 Å². The molecule has 0 N–H and O–H groups in total. The molecule has 0 aliphatic heterocycles. The second kappa shape index (κ2) is 7.09. The van der Waals surface area contributed by atoms with Gasteiger partial charge in [0.25, 0.3) is 0 Å². The molecule has 0 aliphatic carbocycles. The summed E-state index contributed by atoms with van der Waals surface area (Å²) in [5.74, 6) is 0.202. The summed E-state index contributed by atoms with van der Waals surface area (Å²) in [5.41, 5.74) is 1.19. The molecule has 0 radical (unpaired) electrons. The Kier molecular flexibility index (Phi) is 5.17. The van der Waals surface area contributed by atoms with Crippen molar-refractivity contribution in [2.45, 2.75) is 4.90 Å². The van der Waals surface area contributed by atoms with Crippen molar-refractivity contribution in [3.63, 3.8) is 0 Å². The fourth-order valence-corrected chi connectivity index (χ4v) is 2.42. The van der Waals surface area contributed by atoms with E-state index in [0.717, 1.165) is 4.90 Å². The standard InChI is InChI=1S/C17H15FO2S/c1-20-16-11-13(7-9-17(16)21-2)15(19)8-6-12-4-3-5-14(18)10-12/h3-11H,1-2H3. The summed E-state index contributed by atoms with van der Waals surface area (Å²) >= 11 is 1.56. The highest BCUT2D eigenvalue weighted by Crippen LogP contribution is 2.28. The topological polar surface area (TPSA) is 26.3 Å². The number of rotatable bonds is 5. The minimum Gasteiger partial charge on any atom is -0.496 e. The largest absolute Gasteiger partial charge is 0.496 e. The number of allylic oxidation sites excluding steroid dienone is 1. The van der Waals surface area contributed by atoms with Crippen molar-refractivity contribution in [1.82, 2.24) is 0 Å². The Morgan fingerprint density at radius 2 is 2.05 bits per heavy atom. The second-order valence-corrected chi connectivity index (χ2v) is 5.17. The molecule has 0 unspecified atom stereocenters. The predicted molar refractivity (Wildman–Crippen MR) is 84.5 cm³/mol. The highest BCUT2D eigenvalue weighted by Gasteiger charge is 2.07. The van der Waals surface area contributed by atoms with Crippen molar-refractivity contribution in [2.24, 2.45) is 0 Å². The third kappa shape index (κ3) is 3.95. The van der Waals surface area contributed by atoms with E-state index in [1.54, 1.807) is 49.2 Å². The van der Waals surface area contributed by atoms with Crippen LogP contribution in [-0.2, 0) is 0 Å². The molecule has 0 aromatic heterocycles. The molecule has 0 saturated heterocycles. The number of thioether (sulfide) groups is 1. The van der Waals surface area contributed by atoms with Crippen LogP contribution in [0.15, 0.2) is 53.4 Å². The Hall–Kier alpha value is -2.07. The maximum Gasteiger partial charge on any atom is 0.185 e. The first kappa shape index (κ1) is 15.3. The van der Waals surface area contributed by atoms with Crippen LogP contribution >= 0.6 is 11.8 Å². The molecular weight excluding hydrogens is 287 g/mol. The van der Waals surface area contributed by atoms with E-state index in [4.69, 9.17) is 4.74 Å². The minimum absolute atomic E-state index is 0.148.